The molecule has 1 aromatic rings. The highest BCUT2D eigenvalue weighted by Gasteiger charge is 2.23. The number of carbonyl (C=O) groups excluding carboxylic acids is 2. The Bertz CT molecular complexity index is 1030. The van der Waals surface area contributed by atoms with Gasteiger partial charge < -0.3 is 35.2 Å². The van der Waals surface area contributed by atoms with Crippen LogP contribution in [0.5, 0.6) is 11.5 Å². The minimum absolute atomic E-state index is 0.0454. The van der Waals surface area contributed by atoms with Gasteiger partial charge in [0.05, 0.1) is 11.8 Å². The molecule has 2 aliphatic heterocycles. The van der Waals surface area contributed by atoms with Gasteiger partial charge in [0, 0.05) is 38.6 Å². The van der Waals surface area contributed by atoms with Crippen LogP contribution in [0.25, 0.3) is 0 Å². The molecule has 4 N–H and O–H groups in total. The Hall–Kier alpha value is -3.37. The van der Waals surface area contributed by atoms with Gasteiger partial charge >= 0.3 is 5.97 Å². The van der Waals surface area contributed by atoms with Crippen LogP contribution >= 0.6 is 0 Å². The van der Waals surface area contributed by atoms with Crippen LogP contribution in [0.1, 0.15) is 61.4 Å². The van der Waals surface area contributed by atoms with Crippen molar-refractivity contribution in [1.29, 1.82) is 0 Å². The highest BCUT2D eigenvalue weighted by atomic mass is 16.6. The number of nitrogens with zero attached hydrogens (tertiary/aromatic N) is 2. The average molecular weight is 530 g/mol. The van der Waals surface area contributed by atoms with Crippen LogP contribution in [0.3, 0.4) is 0 Å². The maximum absolute atomic E-state index is 13.0. The molecule has 0 aromatic heterocycles. The third-order valence-corrected chi connectivity index (χ3v) is 6.32. The predicted molar refractivity (Wildman–Crippen MR) is 143 cm³/mol. The number of benzene rings is 1. The first-order valence-electron chi connectivity index (χ1n) is 13.2. The van der Waals surface area contributed by atoms with Gasteiger partial charge in [0.2, 0.25) is 0 Å². The van der Waals surface area contributed by atoms with Crippen molar-refractivity contribution in [3.8, 4) is 11.5 Å². The summed E-state index contributed by atoms with van der Waals surface area (Å²) in [5.41, 5.74) is 6.25. The molecule has 0 saturated carbocycles. The molecule has 2 atom stereocenters. The third kappa shape index (κ3) is 9.18. The normalized spacial score (nSPS) is 23.7. The van der Waals surface area contributed by atoms with Gasteiger partial charge in [0.15, 0.2) is 6.61 Å². The molecule has 0 unspecified atom stereocenters. The van der Waals surface area contributed by atoms with Crippen LogP contribution in [0, 0.1) is 0 Å². The molecule has 0 radical (unpaired) electrons. The van der Waals surface area contributed by atoms with Crippen LogP contribution in [0.4, 0.5) is 0 Å². The van der Waals surface area contributed by atoms with Crippen LogP contribution in [0.15, 0.2) is 41.6 Å². The monoisotopic (exact) mass is 529 g/mol. The van der Waals surface area contributed by atoms with Crippen molar-refractivity contribution in [2.24, 2.45) is 10.9 Å². The van der Waals surface area contributed by atoms with Crippen molar-refractivity contribution in [3.05, 3.63) is 47.6 Å². The molecule has 1 amide bonds. The fourth-order valence-corrected chi connectivity index (χ4v) is 4.34. The van der Waals surface area contributed by atoms with Gasteiger partial charge in [-0.1, -0.05) is 23.4 Å². The van der Waals surface area contributed by atoms with E-state index < -0.39 is 17.8 Å². The number of fused-ring (bicyclic) bond motifs is 1. The van der Waals surface area contributed by atoms with E-state index in [0.717, 1.165) is 31.7 Å². The molecule has 1 aromatic carbocycles. The summed E-state index contributed by atoms with van der Waals surface area (Å²) in [6.07, 6.45) is 11.6. The van der Waals surface area contributed by atoms with Gasteiger partial charge in [0.25, 0.3) is 5.91 Å². The van der Waals surface area contributed by atoms with E-state index in [1.807, 2.05) is 18.2 Å². The second-order valence-electron chi connectivity index (χ2n) is 9.54. The standard InChI is InChI=1S/C28H39N3O7/c1-20-8-5-10-24(36-15-7-12-29)11-6-9-22(30-37-19-26(34)31-13-3-2-4-14-31)16-21-17-23(32)18-25(33)27(21)28(35)38-20/h5-6,9-10,17-18,20,24,32-33H,2-4,7-8,11-16,19,29H2,1H3/b9-6+,10-5+,30-22+/t20-,24+/m1/s1. The Balaban J connectivity index is 1.86. The number of hydrogen-bond acceptors (Lipinski definition) is 9. The summed E-state index contributed by atoms with van der Waals surface area (Å²) in [6, 6.07) is 2.48. The molecule has 2 heterocycles. The summed E-state index contributed by atoms with van der Waals surface area (Å²) in [6.45, 7) is 4.02. The lowest BCUT2D eigenvalue weighted by Gasteiger charge is -2.26. The SMILES string of the molecule is C[C@@H]1C/C=C/[C@H](OCCCN)C/C=C/C(=N\OCC(=O)N2CCCCC2)Cc2cc(O)cc(O)c2C(=O)O1. The topological polar surface area (TPSA) is 144 Å². The van der Waals surface area contributed by atoms with E-state index in [0.29, 0.717) is 50.4 Å². The molecule has 10 heteroatoms. The summed E-state index contributed by atoms with van der Waals surface area (Å²) in [5.74, 6) is -1.44. The molecule has 38 heavy (non-hydrogen) atoms. The number of allylic oxidation sites excluding steroid dienone is 1. The molecule has 208 valence electrons. The number of ether oxygens (including phenoxy) is 2. The molecule has 0 spiro atoms. The van der Waals surface area contributed by atoms with Crippen LogP contribution in [-0.4, -0.2) is 77.8 Å². The maximum Gasteiger partial charge on any atom is 0.342 e. The number of phenolic OH excluding ortho intramolecular Hbond substituents is 2. The number of piperidine rings is 1. The van der Waals surface area contributed by atoms with Crippen molar-refractivity contribution in [2.75, 3.05) is 32.8 Å². The lowest BCUT2D eigenvalue weighted by atomic mass is 9.99. The molecule has 1 saturated heterocycles. The van der Waals surface area contributed by atoms with Gasteiger partial charge in [-0.3, -0.25) is 4.79 Å². The number of aromatic hydroxyl groups is 2. The van der Waals surface area contributed by atoms with Gasteiger partial charge in [-0.25, -0.2) is 4.79 Å². The summed E-state index contributed by atoms with van der Waals surface area (Å²) in [4.78, 5) is 32.7. The number of hydrogen-bond donors (Lipinski definition) is 3. The highest BCUT2D eigenvalue weighted by Crippen LogP contribution is 2.29. The number of cyclic esters (lactones) is 1. The first-order valence-corrected chi connectivity index (χ1v) is 13.2. The average Bonchev–Trinajstić information content (AvgIpc) is 2.88. The van der Waals surface area contributed by atoms with E-state index >= 15 is 0 Å². The van der Waals surface area contributed by atoms with Crippen molar-refractivity contribution in [2.45, 2.75) is 64.1 Å². The smallest absolute Gasteiger partial charge is 0.342 e. The molecule has 1 fully saturated rings. The van der Waals surface area contributed by atoms with E-state index in [2.05, 4.69) is 5.16 Å². The zero-order valence-corrected chi connectivity index (χ0v) is 22.0. The first-order chi connectivity index (χ1) is 18.4. The van der Waals surface area contributed by atoms with E-state index in [1.165, 1.54) is 6.07 Å². The van der Waals surface area contributed by atoms with E-state index in [4.69, 9.17) is 20.0 Å². The summed E-state index contributed by atoms with van der Waals surface area (Å²) >= 11 is 0. The molecule has 2 aliphatic rings. The molecule has 10 nitrogen and oxygen atoms in total. The fraction of sp³-hybridized carbons (Fsp3) is 0.536. The van der Waals surface area contributed by atoms with E-state index in [1.54, 1.807) is 17.9 Å². The summed E-state index contributed by atoms with van der Waals surface area (Å²) in [5, 5.41) is 24.8. The van der Waals surface area contributed by atoms with Crippen molar-refractivity contribution in [1.82, 2.24) is 4.90 Å². The number of oxime groups is 1. The number of rotatable bonds is 7. The zero-order chi connectivity index (χ0) is 27.3. The Labute approximate surface area is 223 Å². The number of esters is 1. The molecule has 0 bridgehead atoms. The number of carbonyl (C=O) groups is 2. The minimum Gasteiger partial charge on any atom is -0.508 e. The second kappa shape index (κ2) is 15.1. The Kier molecular flexibility index (Phi) is 11.6. The van der Waals surface area contributed by atoms with Crippen molar-refractivity contribution >= 4 is 17.6 Å². The minimum atomic E-state index is -0.712. The summed E-state index contributed by atoms with van der Waals surface area (Å²) < 4.78 is 11.5. The molecular weight excluding hydrogens is 490 g/mol. The lowest BCUT2D eigenvalue weighted by molar-refractivity contribution is -0.137. The molecular formula is C28H39N3O7. The molecule has 0 aliphatic carbocycles. The second-order valence-corrected chi connectivity index (χ2v) is 9.54. The Morgan fingerprint density at radius 3 is 2.74 bits per heavy atom. The van der Waals surface area contributed by atoms with Crippen molar-refractivity contribution in [3.63, 3.8) is 0 Å². The van der Waals surface area contributed by atoms with E-state index in [-0.39, 0.29) is 36.4 Å². The van der Waals surface area contributed by atoms with Gasteiger partial charge in [-0.05, 0) is 63.3 Å². The molecule has 3 rings (SSSR count). The number of phenols is 2. The van der Waals surface area contributed by atoms with Crippen LogP contribution in [0.2, 0.25) is 0 Å². The fourth-order valence-electron chi connectivity index (χ4n) is 4.34. The number of amides is 1. The highest BCUT2D eigenvalue weighted by molar-refractivity contribution is 6.00. The largest absolute Gasteiger partial charge is 0.508 e. The predicted octanol–water partition coefficient (Wildman–Crippen LogP) is 3.21. The van der Waals surface area contributed by atoms with Crippen LogP contribution in [-0.2, 0) is 25.5 Å². The quantitative estimate of drug-likeness (QED) is 0.211. The zero-order valence-electron chi connectivity index (χ0n) is 22.0. The van der Waals surface area contributed by atoms with E-state index in [9.17, 15) is 19.8 Å². The van der Waals surface area contributed by atoms with Crippen LogP contribution < -0.4 is 5.73 Å². The first kappa shape index (κ1) is 29.2. The van der Waals surface area contributed by atoms with Gasteiger partial charge in [-0.15, -0.1) is 0 Å². The van der Waals surface area contributed by atoms with Gasteiger partial charge in [-0.2, -0.15) is 0 Å². The number of likely N-dealkylation sites (tertiary alicyclic amines) is 1. The lowest BCUT2D eigenvalue weighted by Crippen LogP contribution is -2.37. The Morgan fingerprint density at radius 1 is 1.18 bits per heavy atom. The van der Waals surface area contributed by atoms with Gasteiger partial charge in [0.1, 0.15) is 23.2 Å². The van der Waals surface area contributed by atoms with Crippen molar-refractivity contribution < 1.29 is 34.1 Å². The number of nitrogens with two attached hydrogens (primary N) is 1. The third-order valence-electron chi connectivity index (χ3n) is 6.32. The Morgan fingerprint density at radius 2 is 1.97 bits per heavy atom. The maximum atomic E-state index is 13.0. The summed E-state index contributed by atoms with van der Waals surface area (Å²) in [7, 11) is 0.